The van der Waals surface area contributed by atoms with Gasteiger partial charge in [0.05, 0.1) is 5.92 Å². The van der Waals surface area contributed by atoms with Gasteiger partial charge in [0.25, 0.3) is 0 Å². The second-order valence-corrected chi connectivity index (χ2v) is 5.30. The Morgan fingerprint density at radius 3 is 2.40 bits per heavy atom. The zero-order chi connectivity index (χ0) is 14.7. The van der Waals surface area contributed by atoms with Crippen molar-refractivity contribution >= 4 is 21.9 Å². The van der Waals surface area contributed by atoms with Gasteiger partial charge in [0.15, 0.2) is 0 Å². The predicted molar refractivity (Wildman–Crippen MR) is 74.6 cm³/mol. The second-order valence-electron chi connectivity index (χ2n) is 4.38. The van der Waals surface area contributed by atoms with Crippen molar-refractivity contribution in [1.29, 1.82) is 0 Å². The van der Waals surface area contributed by atoms with Crippen LogP contribution in [0.3, 0.4) is 0 Å². The molecule has 0 bridgehead atoms. The van der Waals surface area contributed by atoms with E-state index in [1.54, 1.807) is 12.1 Å². The number of carboxylic acids is 1. The van der Waals surface area contributed by atoms with Crippen LogP contribution in [0.1, 0.15) is 17.0 Å². The first-order chi connectivity index (χ1) is 9.47. The SMILES string of the molecule is O=C(O)C(Cc1cc(Br)ccc1F)c1ccc(F)cc1. The van der Waals surface area contributed by atoms with E-state index in [1.807, 2.05) is 0 Å². The molecule has 0 spiro atoms. The summed E-state index contributed by atoms with van der Waals surface area (Å²) < 4.78 is 27.3. The van der Waals surface area contributed by atoms with E-state index < -0.39 is 23.5 Å². The van der Waals surface area contributed by atoms with Crippen LogP contribution in [0.25, 0.3) is 0 Å². The summed E-state index contributed by atoms with van der Waals surface area (Å²) in [6.07, 6.45) is 0.00619. The summed E-state index contributed by atoms with van der Waals surface area (Å²) in [7, 11) is 0. The van der Waals surface area contributed by atoms with Crippen molar-refractivity contribution < 1.29 is 18.7 Å². The van der Waals surface area contributed by atoms with E-state index in [2.05, 4.69) is 15.9 Å². The molecule has 2 rings (SSSR count). The van der Waals surface area contributed by atoms with Crippen LogP contribution < -0.4 is 0 Å². The van der Waals surface area contributed by atoms with Crippen molar-refractivity contribution in [3.63, 3.8) is 0 Å². The molecule has 0 aliphatic heterocycles. The van der Waals surface area contributed by atoms with Crippen LogP contribution in [-0.4, -0.2) is 11.1 Å². The molecule has 2 nitrogen and oxygen atoms in total. The topological polar surface area (TPSA) is 37.3 Å². The van der Waals surface area contributed by atoms with Gasteiger partial charge in [-0.25, -0.2) is 8.78 Å². The molecule has 2 aromatic carbocycles. The maximum atomic E-state index is 13.7. The number of carbonyl (C=O) groups is 1. The van der Waals surface area contributed by atoms with Gasteiger partial charge < -0.3 is 5.11 Å². The molecule has 0 aliphatic rings. The van der Waals surface area contributed by atoms with Crippen molar-refractivity contribution in [2.75, 3.05) is 0 Å². The van der Waals surface area contributed by atoms with E-state index >= 15 is 0 Å². The Bertz CT molecular complexity index is 626. The maximum Gasteiger partial charge on any atom is 0.311 e. The molecule has 0 saturated heterocycles. The third-order valence-corrected chi connectivity index (χ3v) is 3.50. The Morgan fingerprint density at radius 2 is 1.80 bits per heavy atom. The minimum absolute atomic E-state index is 0.00619. The van der Waals surface area contributed by atoms with Crippen LogP contribution in [-0.2, 0) is 11.2 Å². The van der Waals surface area contributed by atoms with Gasteiger partial charge in [-0.2, -0.15) is 0 Å². The molecule has 0 aromatic heterocycles. The van der Waals surface area contributed by atoms with Gasteiger partial charge >= 0.3 is 5.97 Å². The van der Waals surface area contributed by atoms with Crippen molar-refractivity contribution in [3.05, 3.63) is 69.7 Å². The molecule has 0 radical (unpaired) electrons. The first kappa shape index (κ1) is 14.7. The van der Waals surface area contributed by atoms with Crippen molar-refractivity contribution in [2.24, 2.45) is 0 Å². The Kier molecular flexibility index (Phi) is 4.49. The molecule has 5 heteroatoms. The number of benzene rings is 2. The highest BCUT2D eigenvalue weighted by atomic mass is 79.9. The zero-order valence-corrected chi connectivity index (χ0v) is 11.9. The molecule has 0 aliphatic carbocycles. The van der Waals surface area contributed by atoms with Crippen LogP contribution >= 0.6 is 15.9 Å². The fraction of sp³-hybridized carbons (Fsp3) is 0.133. The molecular formula is C15H11BrF2O2. The lowest BCUT2D eigenvalue weighted by molar-refractivity contribution is -0.138. The van der Waals surface area contributed by atoms with Crippen molar-refractivity contribution in [1.82, 2.24) is 0 Å². The standard InChI is InChI=1S/C15H11BrF2O2/c16-11-3-6-14(18)10(7-11)8-13(15(19)20)9-1-4-12(17)5-2-9/h1-7,13H,8H2,(H,19,20). The molecule has 0 fully saturated rings. The smallest absolute Gasteiger partial charge is 0.311 e. The van der Waals surface area contributed by atoms with E-state index in [0.29, 0.717) is 15.6 Å². The van der Waals surface area contributed by atoms with Gasteiger partial charge in [-0.3, -0.25) is 4.79 Å². The number of hydrogen-bond acceptors (Lipinski definition) is 1. The monoisotopic (exact) mass is 340 g/mol. The third kappa shape index (κ3) is 3.42. The average Bonchev–Trinajstić information content (AvgIpc) is 2.40. The van der Waals surface area contributed by atoms with Gasteiger partial charge in [0.2, 0.25) is 0 Å². The first-order valence-corrected chi connectivity index (χ1v) is 6.69. The van der Waals surface area contributed by atoms with Crippen LogP contribution in [0, 0.1) is 11.6 Å². The summed E-state index contributed by atoms with van der Waals surface area (Å²) in [6.45, 7) is 0. The lowest BCUT2D eigenvalue weighted by atomic mass is 9.92. The number of aliphatic carboxylic acids is 1. The van der Waals surface area contributed by atoms with Crippen LogP contribution in [0.15, 0.2) is 46.9 Å². The number of hydrogen-bond donors (Lipinski definition) is 1. The van der Waals surface area contributed by atoms with Gasteiger partial charge in [0, 0.05) is 4.47 Å². The minimum atomic E-state index is -1.07. The van der Waals surface area contributed by atoms with E-state index in [-0.39, 0.29) is 6.42 Å². The molecule has 1 atom stereocenters. The highest BCUT2D eigenvalue weighted by Crippen LogP contribution is 2.25. The molecule has 104 valence electrons. The molecule has 2 aromatic rings. The van der Waals surface area contributed by atoms with Crippen LogP contribution in [0.4, 0.5) is 8.78 Å². The maximum absolute atomic E-state index is 13.7. The van der Waals surface area contributed by atoms with Gasteiger partial charge in [-0.1, -0.05) is 28.1 Å². The van der Waals surface area contributed by atoms with Crippen molar-refractivity contribution in [3.8, 4) is 0 Å². The molecule has 0 saturated carbocycles. The summed E-state index contributed by atoms with van der Waals surface area (Å²) >= 11 is 3.23. The normalized spacial score (nSPS) is 12.2. The van der Waals surface area contributed by atoms with Gasteiger partial charge in [-0.15, -0.1) is 0 Å². The molecular weight excluding hydrogens is 330 g/mol. The Balaban J connectivity index is 2.32. The lowest BCUT2D eigenvalue weighted by Crippen LogP contribution is -2.15. The van der Waals surface area contributed by atoms with Gasteiger partial charge in [0.1, 0.15) is 11.6 Å². The van der Waals surface area contributed by atoms with E-state index in [9.17, 15) is 18.7 Å². The fourth-order valence-corrected chi connectivity index (χ4v) is 2.37. The summed E-state index contributed by atoms with van der Waals surface area (Å²) in [5, 5.41) is 9.29. The highest BCUT2D eigenvalue weighted by Gasteiger charge is 2.22. The fourth-order valence-electron chi connectivity index (χ4n) is 1.96. The number of rotatable bonds is 4. The number of halogens is 3. The first-order valence-electron chi connectivity index (χ1n) is 5.89. The van der Waals surface area contributed by atoms with Crippen LogP contribution in [0.2, 0.25) is 0 Å². The summed E-state index contributed by atoms with van der Waals surface area (Å²) in [5.41, 5.74) is 0.745. The second kappa shape index (κ2) is 6.13. The van der Waals surface area contributed by atoms with Gasteiger partial charge in [-0.05, 0) is 47.9 Å². The highest BCUT2D eigenvalue weighted by molar-refractivity contribution is 9.10. The third-order valence-electron chi connectivity index (χ3n) is 3.00. The zero-order valence-electron chi connectivity index (χ0n) is 10.3. The summed E-state index contributed by atoms with van der Waals surface area (Å²) in [6, 6.07) is 9.59. The predicted octanol–water partition coefficient (Wildman–Crippen LogP) is 4.14. The molecule has 1 unspecified atom stereocenters. The molecule has 0 amide bonds. The van der Waals surface area contributed by atoms with Crippen molar-refractivity contribution in [2.45, 2.75) is 12.3 Å². The lowest BCUT2D eigenvalue weighted by Gasteiger charge is -2.13. The summed E-state index contributed by atoms with van der Waals surface area (Å²) in [5.74, 6) is -2.89. The van der Waals surface area contributed by atoms with E-state index in [0.717, 1.165) is 0 Å². The van der Waals surface area contributed by atoms with Crippen LogP contribution in [0.5, 0.6) is 0 Å². The quantitative estimate of drug-likeness (QED) is 0.908. The number of carboxylic acid groups (broad SMARTS) is 1. The van der Waals surface area contributed by atoms with E-state index in [1.165, 1.54) is 30.3 Å². The Morgan fingerprint density at radius 1 is 1.15 bits per heavy atom. The summed E-state index contributed by atoms with van der Waals surface area (Å²) in [4.78, 5) is 11.4. The molecule has 0 heterocycles. The molecule has 1 N–H and O–H groups in total. The van der Waals surface area contributed by atoms with E-state index in [4.69, 9.17) is 0 Å². The largest absolute Gasteiger partial charge is 0.481 e. The Labute approximate surface area is 123 Å². The Hall–Kier alpha value is -1.75. The average molecular weight is 341 g/mol. The minimum Gasteiger partial charge on any atom is -0.481 e. The molecule has 20 heavy (non-hydrogen) atoms.